The fourth-order valence-electron chi connectivity index (χ4n) is 1.58. The first-order valence-corrected chi connectivity index (χ1v) is 7.06. The molecule has 0 aliphatic carbocycles. The molecule has 0 atom stereocenters. The SMILES string of the molecule is Cc1cc(C(=N)N)ccc1Sc1ccccc1Br. The second-order valence-electron chi connectivity index (χ2n) is 3.93. The first kappa shape index (κ1) is 13.2. The Morgan fingerprint density at radius 3 is 2.50 bits per heavy atom. The molecular formula is C14H13BrN2S. The third-order valence-electron chi connectivity index (χ3n) is 2.54. The van der Waals surface area contributed by atoms with Crippen molar-refractivity contribution >= 4 is 33.5 Å². The highest BCUT2D eigenvalue weighted by molar-refractivity contribution is 9.10. The van der Waals surface area contributed by atoms with Crippen LogP contribution in [0.4, 0.5) is 0 Å². The molecule has 0 saturated heterocycles. The van der Waals surface area contributed by atoms with Crippen LogP contribution in [-0.4, -0.2) is 5.84 Å². The second-order valence-corrected chi connectivity index (χ2v) is 5.86. The highest BCUT2D eigenvalue weighted by Gasteiger charge is 2.06. The van der Waals surface area contributed by atoms with E-state index in [9.17, 15) is 0 Å². The van der Waals surface area contributed by atoms with Gasteiger partial charge in [0.15, 0.2) is 0 Å². The van der Waals surface area contributed by atoms with Crippen LogP contribution in [0.3, 0.4) is 0 Å². The van der Waals surface area contributed by atoms with Crippen LogP contribution in [0, 0.1) is 12.3 Å². The Balaban J connectivity index is 2.30. The lowest BCUT2D eigenvalue weighted by molar-refractivity contribution is 1.27. The molecule has 0 amide bonds. The fraction of sp³-hybridized carbons (Fsp3) is 0.0714. The van der Waals surface area contributed by atoms with Crippen molar-refractivity contribution in [1.82, 2.24) is 0 Å². The summed E-state index contributed by atoms with van der Waals surface area (Å²) in [4.78, 5) is 2.35. The Labute approximate surface area is 119 Å². The minimum atomic E-state index is 0.107. The number of amidine groups is 1. The van der Waals surface area contributed by atoms with Crippen LogP contribution in [0.15, 0.2) is 56.7 Å². The average molecular weight is 321 g/mol. The van der Waals surface area contributed by atoms with E-state index in [0.29, 0.717) is 0 Å². The van der Waals surface area contributed by atoms with Gasteiger partial charge < -0.3 is 5.73 Å². The molecule has 2 nitrogen and oxygen atoms in total. The Morgan fingerprint density at radius 2 is 1.89 bits per heavy atom. The monoisotopic (exact) mass is 320 g/mol. The van der Waals surface area contributed by atoms with E-state index < -0.39 is 0 Å². The summed E-state index contributed by atoms with van der Waals surface area (Å²) < 4.78 is 1.09. The van der Waals surface area contributed by atoms with Crippen LogP contribution in [0.25, 0.3) is 0 Å². The molecule has 0 aromatic heterocycles. The molecule has 0 unspecified atom stereocenters. The smallest absolute Gasteiger partial charge is 0.122 e. The lowest BCUT2D eigenvalue weighted by Crippen LogP contribution is -2.10. The summed E-state index contributed by atoms with van der Waals surface area (Å²) in [6.45, 7) is 2.03. The summed E-state index contributed by atoms with van der Waals surface area (Å²) in [7, 11) is 0. The van der Waals surface area contributed by atoms with Crippen molar-refractivity contribution in [1.29, 1.82) is 5.41 Å². The van der Waals surface area contributed by atoms with Crippen LogP contribution in [0.5, 0.6) is 0 Å². The molecule has 3 N–H and O–H groups in total. The van der Waals surface area contributed by atoms with Crippen molar-refractivity contribution in [3.8, 4) is 0 Å². The minimum Gasteiger partial charge on any atom is -0.384 e. The number of halogens is 1. The number of hydrogen-bond acceptors (Lipinski definition) is 2. The van der Waals surface area contributed by atoms with Crippen molar-refractivity contribution in [3.05, 3.63) is 58.1 Å². The zero-order valence-corrected chi connectivity index (χ0v) is 12.3. The summed E-state index contributed by atoms with van der Waals surface area (Å²) >= 11 is 5.24. The van der Waals surface area contributed by atoms with E-state index in [1.807, 2.05) is 43.3 Å². The van der Waals surface area contributed by atoms with Crippen LogP contribution >= 0.6 is 27.7 Å². The van der Waals surface area contributed by atoms with Crippen molar-refractivity contribution in [2.24, 2.45) is 5.73 Å². The molecule has 0 heterocycles. The van der Waals surface area contributed by atoms with Gasteiger partial charge in [-0.2, -0.15) is 0 Å². The van der Waals surface area contributed by atoms with E-state index in [1.54, 1.807) is 11.8 Å². The molecule has 92 valence electrons. The maximum Gasteiger partial charge on any atom is 0.122 e. The van der Waals surface area contributed by atoms with Gasteiger partial charge in [-0.3, -0.25) is 5.41 Å². The number of aryl methyl sites for hydroxylation is 1. The molecular weight excluding hydrogens is 308 g/mol. The average Bonchev–Trinajstić information content (AvgIpc) is 2.34. The zero-order chi connectivity index (χ0) is 13.1. The van der Waals surface area contributed by atoms with Crippen LogP contribution in [0.2, 0.25) is 0 Å². The summed E-state index contributed by atoms with van der Waals surface area (Å²) in [5, 5.41) is 7.42. The fourth-order valence-corrected chi connectivity index (χ4v) is 3.01. The molecule has 0 radical (unpaired) electrons. The van der Waals surface area contributed by atoms with Crippen LogP contribution in [-0.2, 0) is 0 Å². The third kappa shape index (κ3) is 2.94. The zero-order valence-electron chi connectivity index (χ0n) is 9.91. The maximum atomic E-state index is 7.42. The Hall–Kier alpha value is -1.26. The summed E-state index contributed by atoms with van der Waals surface area (Å²) in [6.07, 6.45) is 0. The molecule has 2 aromatic rings. The molecule has 0 aliphatic rings. The molecule has 0 saturated carbocycles. The predicted molar refractivity (Wildman–Crippen MR) is 80.5 cm³/mol. The van der Waals surface area contributed by atoms with Gasteiger partial charge in [-0.1, -0.05) is 30.0 Å². The van der Waals surface area contributed by atoms with Gasteiger partial charge in [0.2, 0.25) is 0 Å². The molecule has 0 fully saturated rings. The third-order valence-corrected chi connectivity index (χ3v) is 4.75. The van der Waals surface area contributed by atoms with Gasteiger partial charge >= 0.3 is 0 Å². The quantitative estimate of drug-likeness (QED) is 0.658. The summed E-state index contributed by atoms with van der Waals surface area (Å²) in [5.74, 6) is 0.107. The van der Waals surface area contributed by atoms with Crippen molar-refractivity contribution in [2.75, 3.05) is 0 Å². The molecule has 0 spiro atoms. The first-order valence-electron chi connectivity index (χ1n) is 5.45. The Morgan fingerprint density at radius 1 is 1.17 bits per heavy atom. The first-order chi connectivity index (χ1) is 8.58. The summed E-state index contributed by atoms with van der Waals surface area (Å²) in [5.41, 5.74) is 7.37. The molecule has 4 heteroatoms. The van der Waals surface area contributed by atoms with Gasteiger partial charge in [0, 0.05) is 19.8 Å². The number of rotatable bonds is 3. The van der Waals surface area contributed by atoms with Gasteiger partial charge in [-0.15, -0.1) is 0 Å². The molecule has 18 heavy (non-hydrogen) atoms. The van der Waals surface area contributed by atoms with E-state index in [-0.39, 0.29) is 5.84 Å². The largest absolute Gasteiger partial charge is 0.384 e. The maximum absolute atomic E-state index is 7.42. The van der Waals surface area contributed by atoms with Crippen LogP contribution < -0.4 is 5.73 Å². The molecule has 0 aliphatic heterocycles. The van der Waals surface area contributed by atoms with E-state index in [4.69, 9.17) is 11.1 Å². The van der Waals surface area contributed by atoms with Crippen molar-refractivity contribution in [3.63, 3.8) is 0 Å². The topological polar surface area (TPSA) is 49.9 Å². The lowest BCUT2D eigenvalue weighted by Gasteiger charge is -2.08. The number of nitrogens with two attached hydrogens (primary N) is 1. The summed E-state index contributed by atoms with van der Waals surface area (Å²) in [6, 6.07) is 14.0. The number of hydrogen-bond donors (Lipinski definition) is 2. The number of nitrogens with one attached hydrogen (secondary N) is 1. The van der Waals surface area contributed by atoms with Gasteiger partial charge in [-0.05, 0) is 52.7 Å². The normalized spacial score (nSPS) is 10.3. The predicted octanol–water partition coefficient (Wildman–Crippen LogP) is 4.19. The molecule has 2 rings (SSSR count). The highest BCUT2D eigenvalue weighted by atomic mass is 79.9. The molecule has 2 aromatic carbocycles. The number of nitrogen functional groups attached to an aromatic ring is 1. The van der Waals surface area contributed by atoms with E-state index >= 15 is 0 Å². The van der Waals surface area contributed by atoms with Gasteiger partial charge in [0.25, 0.3) is 0 Å². The van der Waals surface area contributed by atoms with E-state index in [2.05, 4.69) is 22.0 Å². The number of benzene rings is 2. The van der Waals surface area contributed by atoms with Gasteiger partial charge in [-0.25, -0.2) is 0 Å². The van der Waals surface area contributed by atoms with E-state index in [1.165, 1.54) is 9.79 Å². The van der Waals surface area contributed by atoms with E-state index in [0.717, 1.165) is 15.6 Å². The highest BCUT2D eigenvalue weighted by Crippen LogP contribution is 2.35. The standard InChI is InChI=1S/C14H13BrN2S/c1-9-8-10(14(16)17)6-7-12(9)18-13-5-3-2-4-11(13)15/h2-8H,1H3,(H3,16,17). The van der Waals surface area contributed by atoms with Crippen molar-refractivity contribution in [2.45, 2.75) is 16.7 Å². The Bertz CT molecular complexity index is 596. The minimum absolute atomic E-state index is 0.107. The van der Waals surface area contributed by atoms with Gasteiger partial charge in [0.05, 0.1) is 0 Å². The van der Waals surface area contributed by atoms with Crippen LogP contribution in [0.1, 0.15) is 11.1 Å². The van der Waals surface area contributed by atoms with Crippen molar-refractivity contribution < 1.29 is 0 Å². The van der Waals surface area contributed by atoms with Gasteiger partial charge in [0.1, 0.15) is 5.84 Å². The second kappa shape index (κ2) is 5.59. The Kier molecular flexibility index (Phi) is 4.09. The lowest BCUT2D eigenvalue weighted by atomic mass is 10.1. The molecule has 0 bridgehead atoms.